The number of esters is 1. The zero-order valence-electron chi connectivity index (χ0n) is 14.1. The number of thiocarbonyl (C=S) groups is 1. The van der Waals surface area contributed by atoms with Crippen molar-refractivity contribution >= 4 is 51.9 Å². The summed E-state index contributed by atoms with van der Waals surface area (Å²) in [4.78, 5) is 26.3. The average Bonchev–Trinajstić information content (AvgIpc) is 2.95. The van der Waals surface area contributed by atoms with Crippen molar-refractivity contribution in [3.8, 4) is 5.75 Å². The van der Waals surface area contributed by atoms with Gasteiger partial charge in [0.1, 0.15) is 5.75 Å². The van der Waals surface area contributed by atoms with E-state index in [0.717, 1.165) is 5.56 Å². The van der Waals surface area contributed by atoms with Gasteiger partial charge in [-0.15, -0.1) is 0 Å². The molecule has 2 aromatic rings. The lowest BCUT2D eigenvalue weighted by atomic mass is 10.1. The number of methoxy groups -OCH3 is 2. The number of anilines is 1. The molecular formula is C19H15NO4S2. The number of rotatable bonds is 4. The van der Waals surface area contributed by atoms with Gasteiger partial charge >= 0.3 is 5.97 Å². The van der Waals surface area contributed by atoms with E-state index in [0.29, 0.717) is 26.2 Å². The Morgan fingerprint density at radius 3 is 2.54 bits per heavy atom. The smallest absolute Gasteiger partial charge is 0.337 e. The molecule has 0 radical (unpaired) electrons. The number of ether oxygens (including phenoxy) is 2. The summed E-state index contributed by atoms with van der Waals surface area (Å²) in [5, 5.41) is 0. The van der Waals surface area contributed by atoms with Crippen molar-refractivity contribution in [2.45, 2.75) is 0 Å². The highest BCUT2D eigenvalue weighted by Crippen LogP contribution is 2.36. The number of nitrogens with zero attached hydrogens (tertiary/aromatic N) is 1. The van der Waals surface area contributed by atoms with E-state index in [4.69, 9.17) is 17.0 Å². The normalized spacial score (nSPS) is 15.5. The molecule has 0 N–H and O–H groups in total. The van der Waals surface area contributed by atoms with Gasteiger partial charge in [-0.25, -0.2) is 4.79 Å². The summed E-state index contributed by atoms with van der Waals surface area (Å²) >= 11 is 6.60. The lowest BCUT2D eigenvalue weighted by Gasteiger charge is -2.15. The highest BCUT2D eigenvalue weighted by Gasteiger charge is 2.33. The van der Waals surface area contributed by atoms with E-state index < -0.39 is 5.97 Å². The van der Waals surface area contributed by atoms with Crippen LogP contribution in [0.15, 0.2) is 53.4 Å². The molecule has 1 amide bonds. The van der Waals surface area contributed by atoms with Gasteiger partial charge in [0.2, 0.25) is 0 Å². The number of hydrogen-bond acceptors (Lipinski definition) is 6. The zero-order valence-corrected chi connectivity index (χ0v) is 15.7. The molecule has 0 spiro atoms. The number of benzene rings is 2. The van der Waals surface area contributed by atoms with E-state index in [9.17, 15) is 9.59 Å². The minimum absolute atomic E-state index is 0.190. The topological polar surface area (TPSA) is 55.8 Å². The third-order valence-electron chi connectivity index (χ3n) is 3.73. The molecule has 1 heterocycles. The summed E-state index contributed by atoms with van der Waals surface area (Å²) in [6.07, 6.45) is 1.75. The largest absolute Gasteiger partial charge is 0.497 e. The van der Waals surface area contributed by atoms with Gasteiger partial charge in [-0.2, -0.15) is 0 Å². The van der Waals surface area contributed by atoms with Gasteiger partial charge in [-0.3, -0.25) is 9.69 Å². The second-order valence-electron chi connectivity index (χ2n) is 5.33. The van der Waals surface area contributed by atoms with E-state index in [1.165, 1.54) is 23.8 Å². The summed E-state index contributed by atoms with van der Waals surface area (Å²) in [5.74, 6) is 0.0603. The Bertz CT molecular complexity index is 906. The molecule has 1 fully saturated rings. The Morgan fingerprint density at radius 1 is 1.15 bits per heavy atom. The Hall–Kier alpha value is -2.64. The zero-order chi connectivity index (χ0) is 18.7. The van der Waals surface area contributed by atoms with Crippen molar-refractivity contribution in [2.75, 3.05) is 19.1 Å². The minimum Gasteiger partial charge on any atom is -0.497 e. The lowest BCUT2D eigenvalue weighted by Crippen LogP contribution is -2.27. The summed E-state index contributed by atoms with van der Waals surface area (Å²) in [5.41, 5.74) is 1.91. The van der Waals surface area contributed by atoms with Crippen LogP contribution in [0.5, 0.6) is 5.75 Å². The first-order valence-corrected chi connectivity index (χ1v) is 8.86. The van der Waals surface area contributed by atoms with E-state index in [1.54, 1.807) is 55.7 Å². The Kier molecular flexibility index (Phi) is 5.39. The summed E-state index contributed by atoms with van der Waals surface area (Å²) < 4.78 is 10.3. The van der Waals surface area contributed by atoms with Crippen molar-refractivity contribution in [3.63, 3.8) is 0 Å². The van der Waals surface area contributed by atoms with Crippen molar-refractivity contribution in [1.82, 2.24) is 0 Å². The van der Waals surface area contributed by atoms with Crippen LogP contribution in [0.1, 0.15) is 15.9 Å². The fourth-order valence-corrected chi connectivity index (χ4v) is 3.72. The van der Waals surface area contributed by atoms with Gasteiger partial charge < -0.3 is 9.47 Å². The first-order valence-electron chi connectivity index (χ1n) is 7.64. The minimum atomic E-state index is -0.402. The molecule has 0 bridgehead atoms. The number of hydrogen-bond donors (Lipinski definition) is 0. The molecule has 0 aliphatic carbocycles. The predicted molar refractivity (Wildman–Crippen MR) is 106 cm³/mol. The summed E-state index contributed by atoms with van der Waals surface area (Å²) in [6, 6.07) is 14.0. The predicted octanol–water partition coefficient (Wildman–Crippen LogP) is 3.89. The number of amides is 1. The maximum Gasteiger partial charge on any atom is 0.337 e. The van der Waals surface area contributed by atoms with Gasteiger partial charge in [-0.05, 0) is 35.9 Å². The van der Waals surface area contributed by atoms with Gasteiger partial charge in [0.25, 0.3) is 5.91 Å². The molecule has 0 atom stereocenters. The van der Waals surface area contributed by atoms with E-state index in [1.807, 2.05) is 6.07 Å². The van der Waals surface area contributed by atoms with Crippen LogP contribution >= 0.6 is 24.0 Å². The van der Waals surface area contributed by atoms with Crippen molar-refractivity contribution in [1.29, 1.82) is 0 Å². The van der Waals surface area contributed by atoms with Crippen LogP contribution in [0.3, 0.4) is 0 Å². The number of carbonyl (C=O) groups excluding carboxylic acids is 2. The van der Waals surface area contributed by atoms with Crippen LogP contribution in [-0.4, -0.2) is 30.4 Å². The van der Waals surface area contributed by atoms with Crippen LogP contribution in [-0.2, 0) is 9.53 Å². The molecule has 1 saturated heterocycles. The molecule has 0 saturated carbocycles. The Balaban J connectivity index is 1.86. The third-order valence-corrected chi connectivity index (χ3v) is 5.04. The van der Waals surface area contributed by atoms with Crippen LogP contribution in [0, 0.1) is 0 Å². The molecule has 5 nitrogen and oxygen atoms in total. The highest BCUT2D eigenvalue weighted by atomic mass is 32.2. The molecule has 7 heteroatoms. The first kappa shape index (κ1) is 18.2. The average molecular weight is 385 g/mol. The Labute approximate surface area is 160 Å². The van der Waals surface area contributed by atoms with Crippen molar-refractivity contribution in [3.05, 3.63) is 64.6 Å². The summed E-state index contributed by atoms with van der Waals surface area (Å²) in [7, 11) is 2.90. The van der Waals surface area contributed by atoms with Gasteiger partial charge in [0, 0.05) is 6.07 Å². The fraction of sp³-hybridized carbons (Fsp3) is 0.105. The van der Waals surface area contributed by atoms with E-state index >= 15 is 0 Å². The molecule has 1 aliphatic rings. The van der Waals surface area contributed by atoms with Crippen LogP contribution < -0.4 is 9.64 Å². The maximum absolute atomic E-state index is 12.8. The molecule has 132 valence electrons. The van der Waals surface area contributed by atoms with Crippen LogP contribution in [0.25, 0.3) is 6.08 Å². The van der Waals surface area contributed by atoms with Gasteiger partial charge in [0.15, 0.2) is 4.32 Å². The molecule has 2 aromatic carbocycles. The molecular weight excluding hydrogens is 370 g/mol. The number of carbonyl (C=O) groups is 2. The lowest BCUT2D eigenvalue weighted by molar-refractivity contribution is -0.113. The standard InChI is InChI=1S/C19H15NO4S2/c1-23-15-5-3-4-14(11-15)20-17(21)16(26-19(20)25)10-12-6-8-13(9-7-12)18(22)24-2/h3-11H,1-2H3. The van der Waals surface area contributed by atoms with Gasteiger partial charge in [-0.1, -0.05) is 42.2 Å². The maximum atomic E-state index is 12.8. The monoisotopic (exact) mass is 385 g/mol. The van der Waals surface area contributed by atoms with Crippen LogP contribution in [0.2, 0.25) is 0 Å². The van der Waals surface area contributed by atoms with E-state index in [-0.39, 0.29) is 5.91 Å². The summed E-state index contributed by atoms with van der Waals surface area (Å²) in [6.45, 7) is 0. The Morgan fingerprint density at radius 2 is 1.88 bits per heavy atom. The SMILES string of the molecule is COC(=O)c1ccc(C=C2SC(=S)N(c3cccc(OC)c3)C2=O)cc1. The second-order valence-corrected chi connectivity index (χ2v) is 7.01. The molecule has 0 aromatic heterocycles. The molecule has 1 aliphatic heterocycles. The third kappa shape index (κ3) is 3.63. The molecule has 3 rings (SSSR count). The molecule has 26 heavy (non-hydrogen) atoms. The highest BCUT2D eigenvalue weighted by molar-refractivity contribution is 8.27. The quantitative estimate of drug-likeness (QED) is 0.452. The van der Waals surface area contributed by atoms with E-state index in [2.05, 4.69) is 4.74 Å². The fourth-order valence-electron chi connectivity index (χ4n) is 2.42. The van der Waals surface area contributed by atoms with Crippen LogP contribution in [0.4, 0.5) is 5.69 Å². The first-order chi connectivity index (χ1) is 12.5. The second kappa shape index (κ2) is 7.72. The van der Waals surface area contributed by atoms with Crippen molar-refractivity contribution < 1.29 is 19.1 Å². The molecule has 0 unspecified atom stereocenters. The number of thioether (sulfide) groups is 1. The van der Waals surface area contributed by atoms with Crippen molar-refractivity contribution in [2.24, 2.45) is 0 Å². The van der Waals surface area contributed by atoms with Gasteiger partial charge in [0.05, 0.1) is 30.4 Å².